The van der Waals surface area contributed by atoms with E-state index in [9.17, 15) is 8.42 Å². The average Bonchev–Trinajstić information content (AvgIpc) is 2.67. The van der Waals surface area contributed by atoms with Crippen molar-refractivity contribution in [2.45, 2.75) is 6.42 Å². The Bertz CT molecular complexity index is 386. The van der Waals surface area contributed by atoms with Crippen molar-refractivity contribution in [1.29, 1.82) is 0 Å². The summed E-state index contributed by atoms with van der Waals surface area (Å²) < 4.78 is 27.9. The van der Waals surface area contributed by atoms with E-state index in [4.69, 9.17) is 22.1 Å². The minimum atomic E-state index is -2.83. The Labute approximate surface area is 120 Å². The molecule has 0 amide bonds. The van der Waals surface area contributed by atoms with Gasteiger partial charge >= 0.3 is 0 Å². The molecule has 1 unspecified atom stereocenters. The van der Waals surface area contributed by atoms with E-state index in [1.165, 1.54) is 0 Å². The summed E-state index contributed by atoms with van der Waals surface area (Å²) in [6, 6.07) is 0. The van der Waals surface area contributed by atoms with Gasteiger partial charge in [-0.1, -0.05) is 0 Å². The highest BCUT2D eigenvalue weighted by Gasteiger charge is 2.27. The number of hydrogen-bond donors (Lipinski definition) is 2. The molecule has 1 aliphatic heterocycles. The molecular weight excluding hydrogens is 288 g/mol. The number of nitrogens with zero attached hydrogens (tertiary/aromatic N) is 1. The molecule has 1 atom stereocenters. The number of nitrogens with one attached hydrogen (secondary N) is 1. The molecule has 1 heterocycles. The van der Waals surface area contributed by atoms with Crippen LogP contribution in [0.15, 0.2) is 0 Å². The smallest absolute Gasteiger partial charge is 0.256 e. The number of aliphatic hydroxyl groups is 1. The highest BCUT2D eigenvalue weighted by Crippen LogP contribution is 2.17. The summed E-state index contributed by atoms with van der Waals surface area (Å²) in [7, 11) is -0.944. The first-order chi connectivity index (χ1) is 8.93. The van der Waals surface area contributed by atoms with Gasteiger partial charge in [0.25, 0.3) is 5.17 Å². The molecule has 1 fully saturated rings. The topological polar surface area (TPSA) is 78.9 Å². The van der Waals surface area contributed by atoms with E-state index in [-0.39, 0.29) is 24.0 Å². The molecule has 0 spiro atoms. The van der Waals surface area contributed by atoms with Gasteiger partial charge in [-0.3, -0.25) is 0 Å². The molecule has 8 heteroatoms. The number of ether oxygens (including phenoxy) is 1. The van der Waals surface area contributed by atoms with Crippen LogP contribution in [-0.4, -0.2) is 75.0 Å². The van der Waals surface area contributed by atoms with Crippen LogP contribution in [0.4, 0.5) is 0 Å². The molecule has 1 aliphatic rings. The van der Waals surface area contributed by atoms with Gasteiger partial charge in [-0.15, -0.1) is 0 Å². The average molecular weight is 310 g/mol. The third-order valence-electron chi connectivity index (χ3n) is 3.05. The zero-order valence-corrected chi connectivity index (χ0v) is 12.8. The Morgan fingerprint density at radius 3 is 2.84 bits per heavy atom. The highest BCUT2D eigenvalue weighted by molar-refractivity contribution is 7.91. The first kappa shape index (κ1) is 16.6. The number of aliphatic hydroxyl groups excluding tert-OH is 1. The van der Waals surface area contributed by atoms with E-state index >= 15 is 0 Å². The Morgan fingerprint density at radius 2 is 2.26 bits per heavy atom. The number of likely N-dealkylation sites (N-methyl/N-ethyl adjacent to an activating group) is 1. The van der Waals surface area contributed by atoms with E-state index in [2.05, 4.69) is 5.32 Å². The number of hydrogen-bond acceptors (Lipinski definition) is 6. The van der Waals surface area contributed by atoms with Crippen molar-refractivity contribution in [3.8, 4) is 0 Å². The van der Waals surface area contributed by atoms with Crippen LogP contribution < -0.4 is 5.32 Å². The van der Waals surface area contributed by atoms with Gasteiger partial charge in [0.1, 0.15) is 6.61 Å². The minimum Gasteiger partial charge on any atom is -0.470 e. The third-order valence-corrected chi connectivity index (χ3v) is 5.15. The van der Waals surface area contributed by atoms with Crippen molar-refractivity contribution in [1.82, 2.24) is 10.2 Å². The van der Waals surface area contributed by atoms with Crippen LogP contribution in [0.5, 0.6) is 0 Å². The Kier molecular flexibility index (Phi) is 6.98. The Hall–Kier alpha value is -0.440. The zero-order valence-electron chi connectivity index (χ0n) is 11.2. The van der Waals surface area contributed by atoms with Gasteiger partial charge in [-0.05, 0) is 31.6 Å². The van der Waals surface area contributed by atoms with Gasteiger partial charge in [-0.2, -0.15) is 0 Å². The largest absolute Gasteiger partial charge is 0.470 e. The summed E-state index contributed by atoms with van der Waals surface area (Å²) in [4.78, 5) is 1.94. The van der Waals surface area contributed by atoms with Crippen LogP contribution >= 0.6 is 12.2 Å². The number of thiocarbonyl (C=S) groups is 1. The second-order valence-corrected chi connectivity index (χ2v) is 7.41. The normalized spacial score (nSPS) is 21.5. The minimum absolute atomic E-state index is 0.120. The lowest BCUT2D eigenvalue weighted by molar-refractivity contribution is 0.187. The summed E-state index contributed by atoms with van der Waals surface area (Å²) in [6.07, 6.45) is 0.692. The maximum Gasteiger partial charge on any atom is 0.256 e. The van der Waals surface area contributed by atoms with Crippen LogP contribution in [0.1, 0.15) is 6.42 Å². The van der Waals surface area contributed by atoms with E-state index in [0.717, 1.165) is 0 Å². The van der Waals surface area contributed by atoms with E-state index in [1.807, 2.05) is 11.9 Å². The second-order valence-electron chi connectivity index (χ2n) is 4.81. The Morgan fingerprint density at radius 1 is 1.53 bits per heavy atom. The molecule has 1 saturated heterocycles. The summed E-state index contributed by atoms with van der Waals surface area (Å²) in [5, 5.41) is 12.0. The number of rotatable bonds is 7. The van der Waals surface area contributed by atoms with Crippen LogP contribution in [0.2, 0.25) is 0 Å². The zero-order chi connectivity index (χ0) is 14.3. The molecule has 0 saturated carbocycles. The third kappa shape index (κ3) is 7.05. The second kappa shape index (κ2) is 7.98. The molecule has 0 aliphatic carbocycles. The molecule has 19 heavy (non-hydrogen) atoms. The summed E-state index contributed by atoms with van der Waals surface area (Å²) >= 11 is 5.01. The molecule has 112 valence electrons. The van der Waals surface area contributed by atoms with Crippen molar-refractivity contribution in [3.63, 3.8) is 0 Å². The number of sulfone groups is 1. The fourth-order valence-corrected chi connectivity index (χ4v) is 3.92. The van der Waals surface area contributed by atoms with E-state index < -0.39 is 9.84 Å². The van der Waals surface area contributed by atoms with Crippen LogP contribution in [0, 0.1) is 5.92 Å². The van der Waals surface area contributed by atoms with Crippen LogP contribution in [-0.2, 0) is 14.6 Å². The van der Waals surface area contributed by atoms with Gasteiger partial charge in [0.15, 0.2) is 9.84 Å². The maximum atomic E-state index is 11.3. The summed E-state index contributed by atoms with van der Waals surface area (Å²) in [5.74, 6) is 0.643. The van der Waals surface area contributed by atoms with E-state index in [1.54, 1.807) is 0 Å². The quantitative estimate of drug-likeness (QED) is 0.598. The van der Waals surface area contributed by atoms with Crippen molar-refractivity contribution in [2.24, 2.45) is 5.92 Å². The molecule has 0 radical (unpaired) electrons. The lowest BCUT2D eigenvalue weighted by Gasteiger charge is -2.16. The summed E-state index contributed by atoms with van der Waals surface area (Å²) in [5.41, 5.74) is 0. The van der Waals surface area contributed by atoms with Crippen LogP contribution in [0.3, 0.4) is 0 Å². The predicted octanol–water partition coefficient (Wildman–Crippen LogP) is -0.764. The molecular formula is C11H22N2O4S2. The monoisotopic (exact) mass is 310 g/mol. The van der Waals surface area contributed by atoms with Gasteiger partial charge in [0.2, 0.25) is 0 Å². The molecule has 2 N–H and O–H groups in total. The highest BCUT2D eigenvalue weighted by atomic mass is 32.2. The van der Waals surface area contributed by atoms with Gasteiger partial charge in [0, 0.05) is 19.6 Å². The maximum absolute atomic E-state index is 11.3. The molecule has 0 bridgehead atoms. The lowest BCUT2D eigenvalue weighted by atomic mass is 10.1. The molecule has 0 aromatic heterocycles. The fraction of sp³-hybridized carbons (Fsp3) is 0.909. The Balaban J connectivity index is 2.09. The van der Waals surface area contributed by atoms with E-state index in [0.29, 0.717) is 37.8 Å². The van der Waals surface area contributed by atoms with Crippen molar-refractivity contribution < 1.29 is 18.3 Å². The van der Waals surface area contributed by atoms with Crippen LogP contribution in [0.25, 0.3) is 0 Å². The first-order valence-corrected chi connectivity index (χ1v) is 8.56. The SMILES string of the molecule is CN(CCO)CCOC(=S)NCC1CCS(=O)(=O)C1. The lowest BCUT2D eigenvalue weighted by Crippen LogP contribution is -2.33. The molecule has 6 nitrogen and oxygen atoms in total. The van der Waals surface area contributed by atoms with Crippen molar-refractivity contribution in [3.05, 3.63) is 0 Å². The molecule has 0 aromatic carbocycles. The van der Waals surface area contributed by atoms with Gasteiger partial charge < -0.3 is 20.1 Å². The van der Waals surface area contributed by atoms with Crippen molar-refractivity contribution in [2.75, 3.05) is 51.4 Å². The predicted molar refractivity (Wildman–Crippen MR) is 77.9 cm³/mol. The molecule has 0 aromatic rings. The summed E-state index contributed by atoms with van der Waals surface area (Å²) in [6.45, 7) is 2.40. The fourth-order valence-electron chi connectivity index (χ4n) is 1.89. The van der Waals surface area contributed by atoms with Crippen molar-refractivity contribution >= 4 is 27.2 Å². The first-order valence-electron chi connectivity index (χ1n) is 6.33. The standard InChI is InChI=1S/C11H22N2O4S2/c1-13(3-5-14)4-6-17-11(18)12-8-10-2-7-19(15,16)9-10/h10,14H,2-9H2,1H3,(H,12,18). The van der Waals surface area contributed by atoms with Gasteiger partial charge in [-0.25, -0.2) is 8.42 Å². The van der Waals surface area contributed by atoms with Gasteiger partial charge in [0.05, 0.1) is 18.1 Å². The molecule has 1 rings (SSSR count).